The number of thiazole rings is 1. The molecule has 4 rings (SSSR count). The lowest BCUT2D eigenvalue weighted by atomic mass is 9.85. The highest BCUT2D eigenvalue weighted by Gasteiger charge is 2.25. The number of amides is 1. The molecule has 0 saturated heterocycles. The van der Waals surface area contributed by atoms with Crippen LogP contribution in [0.15, 0.2) is 66.3 Å². The Kier molecular flexibility index (Phi) is 10.6. The zero-order valence-corrected chi connectivity index (χ0v) is 25.2. The second kappa shape index (κ2) is 14.3. The average Bonchev–Trinajstić information content (AvgIpc) is 3.60. The first-order chi connectivity index (χ1) is 19.7. The van der Waals surface area contributed by atoms with Gasteiger partial charge in [0.2, 0.25) is 0 Å². The van der Waals surface area contributed by atoms with E-state index in [1.807, 2.05) is 78.8 Å². The highest BCUT2D eigenvalue weighted by atomic mass is 32.1. The molecule has 0 radical (unpaired) electrons. The highest BCUT2D eigenvalue weighted by Crippen LogP contribution is 2.24. The number of aliphatic hydroxyl groups excluding tert-OH is 1. The number of carbonyl (C=O) groups is 2. The highest BCUT2D eigenvalue weighted by molar-refractivity contribution is 7.09. The van der Waals surface area contributed by atoms with Crippen molar-refractivity contribution >= 4 is 23.0 Å². The SMILES string of the molecule is CCn1cc(CCC[C@@H](O)[C@@H](CC(=O)c2cc(C)cc(C(=O)N(C)Cc3nc(C)cs3)c2)Cc2ccccc2)cn1. The summed E-state index contributed by atoms with van der Waals surface area (Å²) in [7, 11) is 1.75. The number of carbonyl (C=O) groups excluding carboxylic acids is 2. The lowest BCUT2D eigenvalue weighted by Gasteiger charge is -2.23. The molecule has 2 atom stereocenters. The van der Waals surface area contributed by atoms with Gasteiger partial charge in [-0.05, 0) is 87.3 Å². The van der Waals surface area contributed by atoms with E-state index in [1.165, 1.54) is 11.3 Å². The fourth-order valence-corrected chi connectivity index (χ4v) is 5.94. The molecule has 2 aromatic heterocycles. The van der Waals surface area contributed by atoms with E-state index in [-0.39, 0.29) is 24.0 Å². The molecular formula is C33H40N4O3S. The monoisotopic (exact) mass is 572 g/mol. The van der Waals surface area contributed by atoms with Crippen molar-refractivity contribution in [2.24, 2.45) is 5.92 Å². The number of ketones is 1. The van der Waals surface area contributed by atoms with Crippen molar-refractivity contribution in [3.05, 3.63) is 105 Å². The third-order valence-electron chi connectivity index (χ3n) is 7.34. The Morgan fingerprint density at radius 2 is 1.83 bits per heavy atom. The van der Waals surface area contributed by atoms with Crippen LogP contribution < -0.4 is 0 Å². The topological polar surface area (TPSA) is 88.3 Å². The quantitative estimate of drug-likeness (QED) is 0.186. The number of aromatic nitrogens is 3. The molecule has 216 valence electrons. The molecule has 0 aliphatic heterocycles. The lowest BCUT2D eigenvalue weighted by molar-refractivity contribution is 0.0747. The molecule has 2 heterocycles. The first-order valence-corrected chi connectivity index (χ1v) is 15.1. The lowest BCUT2D eigenvalue weighted by Crippen LogP contribution is -2.27. The van der Waals surface area contributed by atoms with Crippen LogP contribution in [0.3, 0.4) is 0 Å². The second-order valence-corrected chi connectivity index (χ2v) is 11.8. The summed E-state index contributed by atoms with van der Waals surface area (Å²) in [5.74, 6) is -0.452. The van der Waals surface area contributed by atoms with Crippen LogP contribution in [0.5, 0.6) is 0 Å². The van der Waals surface area contributed by atoms with Crippen molar-refractivity contribution in [2.45, 2.75) is 72.1 Å². The van der Waals surface area contributed by atoms with Gasteiger partial charge in [0.1, 0.15) is 5.01 Å². The maximum absolute atomic E-state index is 13.6. The predicted molar refractivity (Wildman–Crippen MR) is 163 cm³/mol. The average molecular weight is 573 g/mol. The van der Waals surface area contributed by atoms with E-state index >= 15 is 0 Å². The largest absolute Gasteiger partial charge is 0.393 e. The minimum Gasteiger partial charge on any atom is -0.393 e. The standard InChI is InChI=1S/C33H40N4O3S/c1-5-37-20-26(19-34-37)12-9-13-30(38)28(16-25-10-7-6-8-11-25)18-31(39)27-14-23(2)15-29(17-27)33(40)36(4)21-32-35-24(3)22-41-32/h6-8,10-11,14-15,17,19-20,22,28,30,38H,5,9,12-13,16,18,21H2,1-4H3/t28-,30-/m1/s1. The van der Waals surface area contributed by atoms with Gasteiger partial charge in [0.05, 0.1) is 18.8 Å². The number of rotatable bonds is 14. The molecule has 0 saturated carbocycles. The molecule has 7 nitrogen and oxygen atoms in total. The Hall–Kier alpha value is -3.62. The first-order valence-electron chi connectivity index (χ1n) is 14.3. The zero-order valence-electron chi connectivity index (χ0n) is 24.4. The molecule has 0 aliphatic carbocycles. The molecule has 41 heavy (non-hydrogen) atoms. The Morgan fingerprint density at radius 1 is 1.07 bits per heavy atom. The van der Waals surface area contributed by atoms with Crippen LogP contribution >= 0.6 is 11.3 Å². The van der Waals surface area contributed by atoms with E-state index in [0.29, 0.717) is 30.5 Å². The first kappa shape index (κ1) is 30.3. The molecule has 1 N–H and O–H groups in total. The summed E-state index contributed by atoms with van der Waals surface area (Å²) < 4.78 is 1.90. The van der Waals surface area contributed by atoms with Gasteiger partial charge in [0.25, 0.3) is 5.91 Å². The second-order valence-electron chi connectivity index (χ2n) is 10.9. The van der Waals surface area contributed by atoms with Gasteiger partial charge < -0.3 is 10.0 Å². The van der Waals surface area contributed by atoms with E-state index in [9.17, 15) is 14.7 Å². The van der Waals surface area contributed by atoms with Crippen LogP contribution in [-0.2, 0) is 25.9 Å². The van der Waals surface area contributed by atoms with Crippen molar-refractivity contribution in [1.29, 1.82) is 0 Å². The minimum absolute atomic E-state index is 0.0647. The van der Waals surface area contributed by atoms with Crippen LogP contribution in [0.2, 0.25) is 0 Å². The number of aliphatic hydroxyl groups is 1. The van der Waals surface area contributed by atoms with Crippen LogP contribution in [0.1, 0.15) is 74.3 Å². The van der Waals surface area contributed by atoms with E-state index in [1.54, 1.807) is 18.0 Å². The van der Waals surface area contributed by atoms with E-state index < -0.39 is 6.10 Å². The van der Waals surface area contributed by atoms with Gasteiger partial charge in [-0.2, -0.15) is 5.10 Å². The smallest absolute Gasteiger partial charge is 0.254 e. The molecule has 0 fully saturated rings. The molecule has 8 heteroatoms. The molecule has 2 aromatic carbocycles. The molecular weight excluding hydrogens is 532 g/mol. The normalized spacial score (nSPS) is 12.7. The number of hydrogen-bond donors (Lipinski definition) is 1. The van der Waals surface area contributed by atoms with Crippen molar-refractivity contribution in [1.82, 2.24) is 19.7 Å². The third kappa shape index (κ3) is 8.68. The van der Waals surface area contributed by atoms with E-state index in [2.05, 4.69) is 17.0 Å². The van der Waals surface area contributed by atoms with Gasteiger partial charge in [-0.25, -0.2) is 4.98 Å². The van der Waals surface area contributed by atoms with Crippen LogP contribution in [-0.4, -0.2) is 49.6 Å². The molecule has 1 amide bonds. The van der Waals surface area contributed by atoms with Crippen LogP contribution in [0, 0.1) is 19.8 Å². The summed E-state index contributed by atoms with van der Waals surface area (Å²) in [4.78, 5) is 33.0. The summed E-state index contributed by atoms with van der Waals surface area (Å²) in [6, 6.07) is 15.3. The van der Waals surface area contributed by atoms with Crippen molar-refractivity contribution < 1.29 is 14.7 Å². The Labute approximate surface area is 246 Å². The number of hydrogen-bond acceptors (Lipinski definition) is 6. The van der Waals surface area contributed by atoms with Crippen molar-refractivity contribution in [3.63, 3.8) is 0 Å². The van der Waals surface area contributed by atoms with Crippen LogP contribution in [0.25, 0.3) is 0 Å². The van der Waals surface area contributed by atoms with Gasteiger partial charge >= 0.3 is 0 Å². The van der Waals surface area contributed by atoms with Gasteiger partial charge in [-0.15, -0.1) is 11.3 Å². The van der Waals surface area contributed by atoms with Gasteiger partial charge in [0.15, 0.2) is 5.78 Å². The fraction of sp³-hybridized carbons (Fsp3) is 0.394. The van der Waals surface area contributed by atoms with Crippen LogP contribution in [0.4, 0.5) is 0 Å². The molecule has 0 bridgehead atoms. The number of benzene rings is 2. The zero-order chi connectivity index (χ0) is 29.4. The number of Topliss-reactive ketones (excluding diaryl/α,β-unsaturated/α-hetero) is 1. The van der Waals surface area contributed by atoms with Gasteiger partial charge in [0, 0.05) is 48.4 Å². The minimum atomic E-state index is -0.626. The Morgan fingerprint density at radius 3 is 2.51 bits per heavy atom. The maximum Gasteiger partial charge on any atom is 0.254 e. The molecule has 0 aliphatic rings. The molecule has 0 spiro atoms. The van der Waals surface area contributed by atoms with Crippen molar-refractivity contribution in [2.75, 3.05) is 7.05 Å². The summed E-state index contributed by atoms with van der Waals surface area (Å²) in [5, 5.41) is 18.4. The van der Waals surface area contributed by atoms with Gasteiger partial charge in [-0.3, -0.25) is 14.3 Å². The number of nitrogens with zero attached hydrogens (tertiary/aromatic N) is 4. The molecule has 4 aromatic rings. The predicted octanol–water partition coefficient (Wildman–Crippen LogP) is 6.06. The summed E-state index contributed by atoms with van der Waals surface area (Å²) >= 11 is 1.53. The van der Waals surface area contributed by atoms with E-state index in [0.717, 1.165) is 46.8 Å². The third-order valence-corrected chi connectivity index (χ3v) is 8.29. The molecule has 0 unspecified atom stereocenters. The fourth-order valence-electron chi connectivity index (χ4n) is 5.11. The van der Waals surface area contributed by atoms with Gasteiger partial charge in [-0.1, -0.05) is 30.3 Å². The number of aryl methyl sites for hydroxylation is 4. The van der Waals surface area contributed by atoms with Crippen molar-refractivity contribution in [3.8, 4) is 0 Å². The summed E-state index contributed by atoms with van der Waals surface area (Å²) in [6.45, 7) is 7.14. The van der Waals surface area contributed by atoms with E-state index in [4.69, 9.17) is 0 Å². The Balaban J connectivity index is 1.45. The summed E-state index contributed by atoms with van der Waals surface area (Å²) in [6.07, 6.45) is 6.35. The Bertz CT molecular complexity index is 1450. The maximum atomic E-state index is 13.6. The summed E-state index contributed by atoms with van der Waals surface area (Å²) in [5.41, 5.74) is 5.02.